The van der Waals surface area contributed by atoms with Crippen LogP contribution in [0.25, 0.3) is 11.4 Å². The molecule has 100 valence electrons. The fourth-order valence-corrected chi connectivity index (χ4v) is 2.14. The van der Waals surface area contributed by atoms with Crippen LogP contribution in [0.5, 0.6) is 5.75 Å². The number of anilines is 1. The quantitative estimate of drug-likeness (QED) is 0.916. The van der Waals surface area contributed by atoms with E-state index in [0.29, 0.717) is 11.6 Å². The van der Waals surface area contributed by atoms with Gasteiger partial charge in [0, 0.05) is 12.6 Å². The zero-order valence-electron chi connectivity index (χ0n) is 11.9. The lowest BCUT2D eigenvalue weighted by Crippen LogP contribution is -2.02. The van der Waals surface area contributed by atoms with E-state index in [1.54, 1.807) is 13.3 Å². The minimum atomic E-state index is 0.623. The molecule has 0 bridgehead atoms. The maximum atomic E-state index is 5.42. The summed E-state index contributed by atoms with van der Waals surface area (Å²) < 4.78 is 5.42. The number of nitrogens with one attached hydrogen (secondary N) is 1. The predicted molar refractivity (Wildman–Crippen MR) is 75.6 cm³/mol. The summed E-state index contributed by atoms with van der Waals surface area (Å²) in [6.45, 7) is 6.10. The molecular weight excluding hydrogens is 240 g/mol. The zero-order valence-corrected chi connectivity index (χ0v) is 11.9. The monoisotopic (exact) mass is 258 g/mol. The van der Waals surface area contributed by atoms with Crippen molar-refractivity contribution in [3.8, 4) is 17.1 Å². The standard InChI is InChI=1S/C14H18N4O/c1-8-6-11(9(2)10(3)13(8)19-5)14-17-12(15-4)7-16-18-14/h6-7H,1-5H3,(H,15,17,18). The van der Waals surface area contributed by atoms with Gasteiger partial charge < -0.3 is 10.1 Å². The van der Waals surface area contributed by atoms with E-state index in [9.17, 15) is 0 Å². The van der Waals surface area contributed by atoms with Crippen molar-refractivity contribution in [3.05, 3.63) is 29.0 Å². The zero-order chi connectivity index (χ0) is 14.0. The normalized spacial score (nSPS) is 10.4. The summed E-state index contributed by atoms with van der Waals surface area (Å²) in [6, 6.07) is 2.04. The van der Waals surface area contributed by atoms with E-state index >= 15 is 0 Å². The lowest BCUT2D eigenvalue weighted by molar-refractivity contribution is 0.408. The average Bonchev–Trinajstić information content (AvgIpc) is 2.43. The number of hydrogen-bond acceptors (Lipinski definition) is 5. The number of nitrogens with zero attached hydrogens (tertiary/aromatic N) is 3. The highest BCUT2D eigenvalue weighted by atomic mass is 16.5. The molecule has 1 N–H and O–H groups in total. The molecule has 0 aliphatic heterocycles. The highest BCUT2D eigenvalue weighted by Crippen LogP contribution is 2.32. The number of hydrogen-bond donors (Lipinski definition) is 1. The van der Waals surface area contributed by atoms with Crippen LogP contribution in [0.3, 0.4) is 0 Å². The predicted octanol–water partition coefficient (Wildman–Crippen LogP) is 2.51. The molecule has 0 aliphatic carbocycles. The Hall–Kier alpha value is -2.17. The van der Waals surface area contributed by atoms with Gasteiger partial charge in [-0.05, 0) is 43.5 Å². The second-order valence-corrected chi connectivity index (χ2v) is 4.44. The van der Waals surface area contributed by atoms with E-state index in [1.165, 1.54) is 0 Å². The summed E-state index contributed by atoms with van der Waals surface area (Å²) >= 11 is 0. The Kier molecular flexibility index (Phi) is 3.64. The molecule has 0 saturated carbocycles. The van der Waals surface area contributed by atoms with Crippen molar-refractivity contribution in [2.75, 3.05) is 19.5 Å². The Bertz CT molecular complexity index is 611. The van der Waals surface area contributed by atoms with Crippen molar-refractivity contribution < 1.29 is 4.74 Å². The second kappa shape index (κ2) is 5.22. The molecule has 5 nitrogen and oxygen atoms in total. The van der Waals surface area contributed by atoms with Crippen molar-refractivity contribution in [2.24, 2.45) is 0 Å². The van der Waals surface area contributed by atoms with Gasteiger partial charge in [0.1, 0.15) is 11.6 Å². The molecular formula is C14H18N4O. The summed E-state index contributed by atoms with van der Waals surface area (Å²) in [5.74, 6) is 2.24. The van der Waals surface area contributed by atoms with Crippen molar-refractivity contribution in [3.63, 3.8) is 0 Å². The molecule has 0 unspecified atom stereocenters. The van der Waals surface area contributed by atoms with Crippen LogP contribution >= 0.6 is 0 Å². The van der Waals surface area contributed by atoms with Gasteiger partial charge >= 0.3 is 0 Å². The van der Waals surface area contributed by atoms with Crippen LogP contribution < -0.4 is 10.1 Å². The number of aromatic nitrogens is 3. The molecule has 0 fully saturated rings. The van der Waals surface area contributed by atoms with Crippen LogP contribution in [0.15, 0.2) is 12.3 Å². The van der Waals surface area contributed by atoms with E-state index in [1.807, 2.05) is 33.9 Å². The summed E-state index contributed by atoms with van der Waals surface area (Å²) in [4.78, 5) is 4.43. The first kappa shape index (κ1) is 13.3. The Morgan fingerprint density at radius 3 is 2.53 bits per heavy atom. The molecule has 5 heteroatoms. The third kappa shape index (κ3) is 2.36. The third-order valence-electron chi connectivity index (χ3n) is 3.29. The molecule has 0 saturated heterocycles. The van der Waals surface area contributed by atoms with Gasteiger partial charge in [-0.1, -0.05) is 0 Å². The molecule has 0 radical (unpaired) electrons. The van der Waals surface area contributed by atoms with Gasteiger partial charge in [0.25, 0.3) is 0 Å². The number of methoxy groups -OCH3 is 1. The number of ether oxygens (including phenoxy) is 1. The van der Waals surface area contributed by atoms with Crippen molar-refractivity contribution >= 4 is 5.82 Å². The lowest BCUT2D eigenvalue weighted by atomic mass is 9.98. The first-order valence-electron chi connectivity index (χ1n) is 6.11. The summed E-state index contributed by atoms with van der Waals surface area (Å²) in [5, 5.41) is 11.1. The van der Waals surface area contributed by atoms with Crippen LogP contribution in [0.1, 0.15) is 16.7 Å². The fraction of sp³-hybridized carbons (Fsp3) is 0.357. The topological polar surface area (TPSA) is 59.9 Å². The van der Waals surface area contributed by atoms with Crippen molar-refractivity contribution in [1.82, 2.24) is 15.2 Å². The summed E-state index contributed by atoms with van der Waals surface area (Å²) in [5.41, 5.74) is 4.27. The van der Waals surface area contributed by atoms with Gasteiger partial charge in [-0.3, -0.25) is 0 Å². The van der Waals surface area contributed by atoms with E-state index in [-0.39, 0.29) is 0 Å². The third-order valence-corrected chi connectivity index (χ3v) is 3.29. The highest BCUT2D eigenvalue weighted by molar-refractivity contribution is 5.67. The lowest BCUT2D eigenvalue weighted by Gasteiger charge is -2.14. The molecule has 2 aromatic rings. The molecule has 0 amide bonds. The molecule has 0 spiro atoms. The van der Waals surface area contributed by atoms with Crippen LogP contribution in [-0.2, 0) is 0 Å². The van der Waals surface area contributed by atoms with E-state index < -0.39 is 0 Å². The Balaban J connectivity index is 2.62. The first-order valence-corrected chi connectivity index (χ1v) is 6.11. The van der Waals surface area contributed by atoms with Crippen molar-refractivity contribution in [1.29, 1.82) is 0 Å². The van der Waals surface area contributed by atoms with Crippen LogP contribution in [0, 0.1) is 20.8 Å². The largest absolute Gasteiger partial charge is 0.496 e. The minimum absolute atomic E-state index is 0.623. The van der Waals surface area contributed by atoms with Gasteiger partial charge in [0.15, 0.2) is 5.82 Å². The molecule has 19 heavy (non-hydrogen) atoms. The van der Waals surface area contributed by atoms with Crippen LogP contribution in [0.2, 0.25) is 0 Å². The highest BCUT2D eigenvalue weighted by Gasteiger charge is 2.14. The second-order valence-electron chi connectivity index (χ2n) is 4.44. The number of aryl methyl sites for hydroxylation is 1. The van der Waals surface area contributed by atoms with Gasteiger partial charge in [0.2, 0.25) is 0 Å². The SMILES string of the molecule is CNc1cnnc(-c2cc(C)c(OC)c(C)c2C)n1. The minimum Gasteiger partial charge on any atom is -0.496 e. The first-order chi connectivity index (χ1) is 9.08. The summed E-state index contributed by atoms with van der Waals surface area (Å²) in [6.07, 6.45) is 1.60. The molecule has 2 rings (SSSR count). The molecule has 1 aromatic heterocycles. The van der Waals surface area contributed by atoms with Crippen LogP contribution in [0.4, 0.5) is 5.82 Å². The molecule has 0 aliphatic rings. The molecule has 0 atom stereocenters. The number of benzene rings is 1. The Morgan fingerprint density at radius 2 is 1.89 bits per heavy atom. The Morgan fingerprint density at radius 1 is 1.16 bits per heavy atom. The Labute approximate surface area is 113 Å². The smallest absolute Gasteiger partial charge is 0.184 e. The average molecular weight is 258 g/mol. The maximum absolute atomic E-state index is 5.42. The van der Waals surface area contributed by atoms with E-state index in [4.69, 9.17) is 4.74 Å². The van der Waals surface area contributed by atoms with Crippen LogP contribution in [-0.4, -0.2) is 29.3 Å². The van der Waals surface area contributed by atoms with Gasteiger partial charge in [-0.15, -0.1) is 5.10 Å². The van der Waals surface area contributed by atoms with Crippen molar-refractivity contribution in [2.45, 2.75) is 20.8 Å². The van der Waals surface area contributed by atoms with Gasteiger partial charge in [-0.25, -0.2) is 4.98 Å². The van der Waals surface area contributed by atoms with E-state index in [2.05, 4.69) is 20.5 Å². The number of rotatable bonds is 3. The summed E-state index contributed by atoms with van der Waals surface area (Å²) in [7, 11) is 3.50. The molecule has 1 aromatic carbocycles. The fourth-order valence-electron chi connectivity index (χ4n) is 2.14. The maximum Gasteiger partial charge on any atom is 0.184 e. The van der Waals surface area contributed by atoms with Gasteiger partial charge in [0.05, 0.1) is 13.3 Å². The van der Waals surface area contributed by atoms with E-state index in [0.717, 1.165) is 28.0 Å². The van der Waals surface area contributed by atoms with Gasteiger partial charge in [-0.2, -0.15) is 5.10 Å². The molecule has 1 heterocycles.